The molecule has 0 saturated heterocycles. The third-order valence-corrected chi connectivity index (χ3v) is 2.33. The van der Waals surface area contributed by atoms with Crippen LogP contribution in [0.2, 0.25) is 0 Å². The third-order valence-electron chi connectivity index (χ3n) is 2.33. The number of halogens is 5. The highest BCUT2D eigenvalue weighted by molar-refractivity contribution is 5.25. The number of benzene rings is 1. The summed E-state index contributed by atoms with van der Waals surface area (Å²) in [6.45, 7) is 1.45. The van der Waals surface area contributed by atoms with Gasteiger partial charge in [0.15, 0.2) is 11.6 Å². The zero-order chi connectivity index (χ0) is 13.9. The van der Waals surface area contributed by atoms with Gasteiger partial charge in [-0.2, -0.15) is 13.2 Å². The van der Waals surface area contributed by atoms with Crippen LogP contribution in [-0.2, 0) is 0 Å². The zero-order valence-corrected chi connectivity index (χ0v) is 9.47. The van der Waals surface area contributed by atoms with Crippen molar-refractivity contribution in [3.05, 3.63) is 29.8 Å². The van der Waals surface area contributed by atoms with Gasteiger partial charge in [-0.15, -0.1) is 0 Å². The summed E-state index contributed by atoms with van der Waals surface area (Å²) < 4.78 is 68.3. The van der Waals surface area contributed by atoms with E-state index in [4.69, 9.17) is 5.73 Å². The Bertz CT molecular complexity index is 407. The van der Waals surface area contributed by atoms with Gasteiger partial charge < -0.3 is 10.5 Å². The lowest BCUT2D eigenvalue weighted by Gasteiger charge is -2.26. The van der Waals surface area contributed by atoms with Crippen molar-refractivity contribution >= 4 is 0 Å². The third kappa shape index (κ3) is 3.56. The lowest BCUT2D eigenvalue weighted by atomic mass is 10.1. The van der Waals surface area contributed by atoms with Gasteiger partial charge in [-0.1, -0.05) is 6.92 Å². The highest BCUT2D eigenvalue weighted by Crippen LogP contribution is 2.29. The SMILES string of the molecule is CCC(N)C(Oc1ccc(F)cc1F)C(F)(F)F. The van der Waals surface area contributed by atoms with E-state index in [9.17, 15) is 22.0 Å². The van der Waals surface area contributed by atoms with Gasteiger partial charge in [0.25, 0.3) is 0 Å². The largest absolute Gasteiger partial charge is 0.476 e. The number of ether oxygens (including phenoxy) is 1. The highest BCUT2D eigenvalue weighted by atomic mass is 19.4. The summed E-state index contributed by atoms with van der Waals surface area (Å²) in [6.07, 6.45) is -7.05. The fraction of sp³-hybridized carbons (Fsp3) is 0.455. The average Bonchev–Trinajstić information content (AvgIpc) is 2.25. The van der Waals surface area contributed by atoms with E-state index in [1.165, 1.54) is 6.92 Å². The van der Waals surface area contributed by atoms with Crippen LogP contribution in [0.1, 0.15) is 13.3 Å². The molecule has 0 bridgehead atoms. The lowest BCUT2D eigenvalue weighted by Crippen LogP contribution is -2.48. The quantitative estimate of drug-likeness (QED) is 0.853. The van der Waals surface area contributed by atoms with Gasteiger partial charge in [0.2, 0.25) is 6.10 Å². The smallest absolute Gasteiger partial charge is 0.426 e. The molecular formula is C11H12F5NO. The van der Waals surface area contributed by atoms with Crippen LogP contribution < -0.4 is 10.5 Å². The van der Waals surface area contributed by atoms with Crippen molar-refractivity contribution in [3.8, 4) is 5.75 Å². The molecule has 0 radical (unpaired) electrons. The molecule has 0 aliphatic rings. The van der Waals surface area contributed by atoms with Crippen molar-refractivity contribution in [2.45, 2.75) is 31.7 Å². The fourth-order valence-corrected chi connectivity index (χ4v) is 1.32. The van der Waals surface area contributed by atoms with Crippen molar-refractivity contribution in [1.29, 1.82) is 0 Å². The first-order valence-electron chi connectivity index (χ1n) is 5.19. The van der Waals surface area contributed by atoms with E-state index in [0.717, 1.165) is 12.1 Å². The van der Waals surface area contributed by atoms with Gasteiger partial charge in [0.1, 0.15) is 5.82 Å². The van der Waals surface area contributed by atoms with Gasteiger partial charge in [0, 0.05) is 6.07 Å². The van der Waals surface area contributed by atoms with Gasteiger partial charge in [0.05, 0.1) is 6.04 Å². The van der Waals surface area contributed by atoms with Crippen LogP contribution in [0.25, 0.3) is 0 Å². The maximum absolute atomic E-state index is 13.2. The Morgan fingerprint density at radius 3 is 2.33 bits per heavy atom. The van der Waals surface area contributed by atoms with Crippen LogP contribution in [0.15, 0.2) is 18.2 Å². The zero-order valence-electron chi connectivity index (χ0n) is 9.47. The number of alkyl halides is 3. The Kier molecular flexibility index (Phi) is 4.50. The first-order chi connectivity index (χ1) is 8.25. The molecule has 1 aromatic carbocycles. The van der Waals surface area contributed by atoms with Crippen LogP contribution in [0.5, 0.6) is 5.75 Å². The Balaban J connectivity index is 2.96. The van der Waals surface area contributed by atoms with Crippen molar-refractivity contribution in [1.82, 2.24) is 0 Å². The van der Waals surface area contributed by atoms with Crippen LogP contribution in [0.4, 0.5) is 22.0 Å². The van der Waals surface area contributed by atoms with E-state index in [2.05, 4.69) is 4.74 Å². The van der Waals surface area contributed by atoms with Gasteiger partial charge in [-0.05, 0) is 18.6 Å². The minimum absolute atomic E-state index is 0.00693. The molecule has 0 saturated carbocycles. The minimum atomic E-state index is -4.73. The summed E-state index contributed by atoms with van der Waals surface area (Å²) in [5.74, 6) is -2.78. The fourth-order valence-electron chi connectivity index (χ4n) is 1.32. The van der Waals surface area contributed by atoms with Gasteiger partial charge in [-0.25, -0.2) is 8.78 Å². The molecule has 1 rings (SSSR count). The Morgan fingerprint density at radius 1 is 1.28 bits per heavy atom. The standard InChI is InChI=1S/C11H12F5NO/c1-2-8(17)10(11(14,15)16)18-9-4-3-6(12)5-7(9)13/h3-5,8,10H,2,17H2,1H3. The van der Waals surface area contributed by atoms with E-state index in [1.54, 1.807) is 0 Å². The molecule has 0 aromatic heterocycles. The van der Waals surface area contributed by atoms with Crippen LogP contribution in [-0.4, -0.2) is 18.3 Å². The molecule has 2 nitrogen and oxygen atoms in total. The molecule has 0 aliphatic heterocycles. The number of hydrogen-bond donors (Lipinski definition) is 1. The molecule has 0 fully saturated rings. The van der Waals surface area contributed by atoms with Crippen molar-refractivity contribution < 1.29 is 26.7 Å². The van der Waals surface area contributed by atoms with Gasteiger partial charge in [-0.3, -0.25) is 0 Å². The first kappa shape index (κ1) is 14.7. The molecule has 2 atom stereocenters. The van der Waals surface area contributed by atoms with Crippen LogP contribution in [0, 0.1) is 11.6 Å². The average molecular weight is 269 g/mol. The topological polar surface area (TPSA) is 35.2 Å². The summed E-state index contributed by atoms with van der Waals surface area (Å²) in [5, 5.41) is 0. The molecule has 7 heteroatoms. The van der Waals surface area contributed by atoms with E-state index >= 15 is 0 Å². The molecule has 18 heavy (non-hydrogen) atoms. The molecule has 0 aliphatic carbocycles. The Hall–Kier alpha value is -1.37. The monoisotopic (exact) mass is 269 g/mol. The van der Waals surface area contributed by atoms with E-state index in [0.29, 0.717) is 6.07 Å². The predicted octanol–water partition coefficient (Wildman–Crippen LogP) is 3.01. The molecular weight excluding hydrogens is 257 g/mol. The van der Waals surface area contributed by atoms with Crippen LogP contribution in [0.3, 0.4) is 0 Å². The maximum atomic E-state index is 13.2. The van der Waals surface area contributed by atoms with Crippen molar-refractivity contribution in [3.63, 3.8) is 0 Å². The van der Waals surface area contributed by atoms with E-state index < -0.39 is 35.7 Å². The number of nitrogens with two attached hydrogens (primary N) is 1. The number of hydrogen-bond acceptors (Lipinski definition) is 2. The molecule has 2 N–H and O–H groups in total. The second kappa shape index (κ2) is 5.51. The first-order valence-corrected chi connectivity index (χ1v) is 5.19. The molecule has 102 valence electrons. The second-order valence-electron chi connectivity index (χ2n) is 3.73. The summed E-state index contributed by atoms with van der Waals surface area (Å²) in [7, 11) is 0. The van der Waals surface area contributed by atoms with Crippen molar-refractivity contribution in [2.24, 2.45) is 5.73 Å². The second-order valence-corrected chi connectivity index (χ2v) is 3.73. The Morgan fingerprint density at radius 2 is 1.89 bits per heavy atom. The summed E-state index contributed by atoms with van der Waals surface area (Å²) in [6, 6.07) is 0.726. The minimum Gasteiger partial charge on any atom is -0.476 e. The number of rotatable bonds is 4. The Labute approximate surface area is 101 Å². The lowest BCUT2D eigenvalue weighted by molar-refractivity contribution is -0.201. The molecule has 2 unspecified atom stereocenters. The van der Waals surface area contributed by atoms with Gasteiger partial charge >= 0.3 is 6.18 Å². The predicted molar refractivity (Wildman–Crippen MR) is 55.1 cm³/mol. The summed E-state index contributed by atoms with van der Waals surface area (Å²) in [5.41, 5.74) is 5.29. The van der Waals surface area contributed by atoms with Crippen LogP contribution >= 0.6 is 0 Å². The summed E-state index contributed by atoms with van der Waals surface area (Å²) in [4.78, 5) is 0. The van der Waals surface area contributed by atoms with E-state index in [1.807, 2.05) is 0 Å². The molecule has 0 amide bonds. The molecule has 1 aromatic rings. The molecule has 0 heterocycles. The normalized spacial score (nSPS) is 15.3. The summed E-state index contributed by atoms with van der Waals surface area (Å²) >= 11 is 0. The maximum Gasteiger partial charge on any atom is 0.426 e. The molecule has 0 spiro atoms. The van der Waals surface area contributed by atoms with Crippen molar-refractivity contribution in [2.75, 3.05) is 0 Å². The highest BCUT2D eigenvalue weighted by Gasteiger charge is 2.45. The van der Waals surface area contributed by atoms with E-state index in [-0.39, 0.29) is 6.42 Å².